The van der Waals surface area contributed by atoms with Crippen LogP contribution in [0.3, 0.4) is 0 Å². The summed E-state index contributed by atoms with van der Waals surface area (Å²) in [6, 6.07) is 0.0530. The van der Waals surface area contributed by atoms with E-state index in [2.05, 4.69) is 34.8 Å². The minimum atomic E-state index is -1.82. The Balaban J connectivity index is 1.54. The van der Waals surface area contributed by atoms with Gasteiger partial charge in [-0.3, -0.25) is 31.4 Å². The lowest BCUT2D eigenvalue weighted by atomic mass is 9.61. The zero-order valence-corrected chi connectivity index (χ0v) is 27.5. The quantitative estimate of drug-likeness (QED) is 0.0315. The average molecular weight is 620 g/mol. The molecule has 11 nitrogen and oxygen atoms in total. The first-order chi connectivity index (χ1) is 21.1. The summed E-state index contributed by atoms with van der Waals surface area (Å²) in [5.41, 5.74) is 10.2. The Labute approximate surface area is 263 Å². The number of nitrogens with one attached hydrogen (secondary N) is 2. The Hall–Kier alpha value is -2.34. The van der Waals surface area contributed by atoms with Crippen molar-refractivity contribution in [2.24, 2.45) is 35.1 Å². The Morgan fingerprint density at radius 2 is 1.95 bits per heavy atom. The normalized spacial score (nSPS) is 33.7. The van der Waals surface area contributed by atoms with E-state index in [9.17, 15) is 14.4 Å². The van der Waals surface area contributed by atoms with Gasteiger partial charge < -0.3 is 20.1 Å². The maximum Gasteiger partial charge on any atom is 0.350 e. The number of fused-ring (bicyclic) bond motifs is 2. The number of ketones is 2. The number of hydrogen-bond donors (Lipinski definition) is 6. The summed E-state index contributed by atoms with van der Waals surface area (Å²) < 4.78 is 12.1. The molecule has 2 aliphatic heterocycles. The molecule has 10 N–H and O–H groups in total. The highest BCUT2D eigenvalue weighted by Gasteiger charge is 2.86. The van der Waals surface area contributed by atoms with Crippen LogP contribution in [0.4, 0.5) is 0 Å². The molecule has 0 bridgehead atoms. The van der Waals surface area contributed by atoms with Crippen LogP contribution in [0.25, 0.3) is 0 Å². The number of piperidine rings is 1. The molecule has 11 heteroatoms. The van der Waals surface area contributed by atoms with Crippen LogP contribution < -0.4 is 32.4 Å². The van der Waals surface area contributed by atoms with Crippen LogP contribution >= 0.6 is 0 Å². The summed E-state index contributed by atoms with van der Waals surface area (Å²) >= 11 is 0. The summed E-state index contributed by atoms with van der Waals surface area (Å²) in [5, 5.41) is 7.80. The number of esters is 1. The van der Waals surface area contributed by atoms with Gasteiger partial charge in [-0.2, -0.15) is 0 Å². The monoisotopic (exact) mass is 619 g/mol. The number of carbonyl (C=O) groups excluding carboxylic acids is 3. The van der Waals surface area contributed by atoms with Crippen LogP contribution in [0.15, 0.2) is 11.6 Å². The third-order valence-electron chi connectivity index (χ3n) is 10.6. The fourth-order valence-electron chi connectivity index (χ4n) is 7.89. The summed E-state index contributed by atoms with van der Waals surface area (Å²) in [6.45, 7) is 9.29. The number of nitrogens with two attached hydrogens (primary N) is 4. The molecule has 44 heavy (non-hydrogen) atoms. The maximum atomic E-state index is 14.1. The van der Waals surface area contributed by atoms with E-state index in [0.29, 0.717) is 31.1 Å². The van der Waals surface area contributed by atoms with Gasteiger partial charge in [0.25, 0.3) is 5.60 Å². The molecule has 2 heterocycles. The molecule has 8 atom stereocenters. The molecule has 2 aliphatic carbocycles. The van der Waals surface area contributed by atoms with Crippen molar-refractivity contribution in [2.75, 3.05) is 33.3 Å². The number of Topliss-reactive ketones (excluding diaryl/α,β-unsaturated/α-hetero) is 2. The first kappa shape index (κ1) is 34.5. The number of guanidine groups is 1. The lowest BCUT2D eigenvalue weighted by Gasteiger charge is -2.36. The van der Waals surface area contributed by atoms with Gasteiger partial charge in [-0.25, -0.2) is 4.79 Å². The lowest BCUT2D eigenvalue weighted by molar-refractivity contribution is -0.699. The topological polar surface area (TPSA) is 184 Å². The summed E-state index contributed by atoms with van der Waals surface area (Å²) in [6.07, 6.45) is 11.0. The average Bonchev–Trinajstić information content (AvgIpc) is 3.74. The minimum absolute atomic E-state index is 0.0530. The fraction of sp³-hybridized carbons (Fsp3) is 0.818. The molecule has 4 fully saturated rings. The van der Waals surface area contributed by atoms with Crippen LogP contribution in [-0.2, 0) is 23.9 Å². The fourth-order valence-corrected chi connectivity index (χ4v) is 7.89. The van der Waals surface area contributed by atoms with Crippen LogP contribution in [0.2, 0.25) is 0 Å². The number of ether oxygens (including phenoxy) is 2. The number of carbonyl (C=O) groups is 3. The molecule has 0 aromatic carbocycles. The van der Waals surface area contributed by atoms with Crippen molar-refractivity contribution in [3.8, 4) is 0 Å². The zero-order valence-electron chi connectivity index (χ0n) is 27.5. The summed E-state index contributed by atoms with van der Waals surface area (Å²) in [7, 11) is 1.78. The second kappa shape index (κ2) is 15.3. The number of quaternary nitrogens is 2. The van der Waals surface area contributed by atoms with Crippen LogP contribution in [0, 0.1) is 23.7 Å². The summed E-state index contributed by atoms with van der Waals surface area (Å²) in [5.74, 6) is -0.832. The lowest BCUT2D eigenvalue weighted by Crippen LogP contribution is -2.95. The highest BCUT2D eigenvalue weighted by Crippen LogP contribution is 2.61. The van der Waals surface area contributed by atoms with Crippen molar-refractivity contribution in [1.82, 2.24) is 5.32 Å². The van der Waals surface area contributed by atoms with Gasteiger partial charge in [-0.15, -0.1) is 0 Å². The molecule has 2 saturated carbocycles. The van der Waals surface area contributed by atoms with E-state index in [1.54, 1.807) is 7.05 Å². The molecule has 0 aromatic heterocycles. The van der Waals surface area contributed by atoms with Gasteiger partial charge in [-0.1, -0.05) is 44.3 Å². The number of epoxide rings is 1. The van der Waals surface area contributed by atoms with Crippen LogP contribution in [0.5, 0.6) is 0 Å². The smallest absolute Gasteiger partial charge is 0.350 e. The molecular weight excluding hydrogens is 560 g/mol. The molecule has 248 valence electrons. The maximum absolute atomic E-state index is 14.1. The molecular formula is C33H59N6O5+3. The Bertz CT molecular complexity index is 1090. The van der Waals surface area contributed by atoms with Gasteiger partial charge in [-0.05, 0) is 33.1 Å². The van der Waals surface area contributed by atoms with E-state index in [1.165, 1.54) is 0 Å². The van der Waals surface area contributed by atoms with Gasteiger partial charge in [0, 0.05) is 49.4 Å². The van der Waals surface area contributed by atoms with Gasteiger partial charge in [0.2, 0.25) is 0 Å². The molecule has 0 spiro atoms. The van der Waals surface area contributed by atoms with Gasteiger partial charge in [0.05, 0.1) is 39.3 Å². The largest absolute Gasteiger partial charge is 0.463 e. The second-order valence-electron chi connectivity index (χ2n) is 13.7. The Morgan fingerprint density at radius 3 is 2.61 bits per heavy atom. The number of hydrogen-bond acceptors (Lipinski definition) is 6. The van der Waals surface area contributed by atoms with E-state index < -0.39 is 23.1 Å². The van der Waals surface area contributed by atoms with E-state index in [4.69, 9.17) is 20.9 Å². The summed E-state index contributed by atoms with van der Waals surface area (Å²) in [4.78, 5) is 45.0. The molecule has 0 radical (unpaired) electrons. The molecule has 2 saturated heterocycles. The van der Waals surface area contributed by atoms with Crippen molar-refractivity contribution in [3.05, 3.63) is 11.6 Å². The van der Waals surface area contributed by atoms with Crippen molar-refractivity contribution < 1.29 is 39.5 Å². The third kappa shape index (κ3) is 7.21. The standard InChI is InChI=1S/C33H56N6O5/c1-5-7-10-22(19-37-6-2)20-43-30(42)33-29(41)25-12-9-8-11-24(25)28(40)32(33,44-33)15-13-21(3)17-26(39-31(35)36-4)23-14-16-38-27(34)18-23/h13,22-27,37-38H,5-12,14-20,34H2,1-4H3,(H3,35,36,39)/p+3/t22-,23?,24?,25?,26-,27?,32+,33+/m1/s1. The minimum Gasteiger partial charge on any atom is -0.463 e. The Kier molecular flexibility index (Phi) is 12.0. The highest BCUT2D eigenvalue weighted by molar-refractivity contribution is 6.23. The molecule has 0 amide bonds. The van der Waals surface area contributed by atoms with Crippen molar-refractivity contribution in [1.29, 1.82) is 0 Å². The van der Waals surface area contributed by atoms with Gasteiger partial charge in [0.1, 0.15) is 6.17 Å². The van der Waals surface area contributed by atoms with Gasteiger partial charge in [0.15, 0.2) is 17.2 Å². The molecule has 4 rings (SSSR count). The van der Waals surface area contributed by atoms with Crippen molar-refractivity contribution >= 4 is 23.5 Å². The predicted octanol–water partition coefficient (Wildman–Crippen LogP) is -1.65. The van der Waals surface area contributed by atoms with E-state index in [-0.39, 0.29) is 48.6 Å². The number of unbranched alkanes of at least 4 members (excludes halogenated alkanes) is 1. The zero-order chi connectivity index (χ0) is 31.9. The first-order valence-corrected chi connectivity index (χ1v) is 17.2. The molecule has 4 aliphatic rings. The third-order valence-corrected chi connectivity index (χ3v) is 10.6. The highest BCUT2D eigenvalue weighted by atomic mass is 16.7. The Morgan fingerprint density at radius 1 is 1.23 bits per heavy atom. The second-order valence-corrected chi connectivity index (χ2v) is 13.7. The molecule has 4 unspecified atom stereocenters. The van der Waals surface area contributed by atoms with Crippen molar-refractivity contribution in [3.63, 3.8) is 0 Å². The van der Waals surface area contributed by atoms with E-state index >= 15 is 0 Å². The predicted molar refractivity (Wildman–Crippen MR) is 167 cm³/mol. The molecule has 0 aromatic rings. The van der Waals surface area contributed by atoms with E-state index in [1.807, 2.05) is 13.0 Å². The van der Waals surface area contributed by atoms with Crippen LogP contribution in [-0.4, -0.2) is 80.2 Å². The van der Waals surface area contributed by atoms with Crippen LogP contribution in [0.1, 0.15) is 91.4 Å². The van der Waals surface area contributed by atoms with Crippen molar-refractivity contribution in [2.45, 2.75) is 115 Å². The SMILES string of the molecule is CCCC[C@H](C[NH2+]CC)COC(=O)[C@]12O[C@@]1(CC=C(C)C[C@@H](NC(N)=[NH+]C)C1CC[NH2+]C(N)C1)C(=O)C1CCCCC1C2=O. The number of rotatable bonds is 15. The van der Waals surface area contributed by atoms with E-state index in [0.717, 1.165) is 70.2 Å². The van der Waals surface area contributed by atoms with Gasteiger partial charge >= 0.3 is 11.9 Å². The first-order valence-electron chi connectivity index (χ1n) is 17.2.